The van der Waals surface area contributed by atoms with Crippen LogP contribution in [0.15, 0.2) is 54.7 Å². The molecule has 5 rings (SSSR count). The maximum atomic E-state index is 12.8. The Bertz CT molecular complexity index is 1170. The van der Waals surface area contributed by atoms with Crippen molar-refractivity contribution in [2.45, 2.75) is 38.5 Å². The standard InChI is InChI=1S/C25H26N4OS/c1-17-6-2-3-7-19(17)20-16-26-28-25(20)18-12-14-29(15-13-18)24(30)11-10-23-27-21-8-4-5-9-22(21)31-23/h2-9,16,18H,10-15H2,1H3,(H,26,28). The van der Waals surface area contributed by atoms with Crippen LogP contribution in [0.25, 0.3) is 21.3 Å². The Kier molecular flexibility index (Phi) is 5.55. The van der Waals surface area contributed by atoms with Crippen LogP contribution in [0.3, 0.4) is 0 Å². The molecule has 1 fully saturated rings. The molecule has 1 aliphatic heterocycles. The fourth-order valence-electron chi connectivity index (χ4n) is 4.51. The van der Waals surface area contributed by atoms with E-state index in [1.165, 1.54) is 27.1 Å². The molecule has 6 heteroatoms. The number of nitrogens with one attached hydrogen (secondary N) is 1. The Morgan fingerprint density at radius 1 is 1.10 bits per heavy atom. The number of thiazole rings is 1. The summed E-state index contributed by atoms with van der Waals surface area (Å²) in [5.74, 6) is 0.645. The number of piperidine rings is 1. The lowest BCUT2D eigenvalue weighted by molar-refractivity contribution is -0.132. The van der Waals surface area contributed by atoms with Gasteiger partial charge in [0.1, 0.15) is 0 Å². The number of aryl methyl sites for hydroxylation is 2. The third-order valence-electron chi connectivity index (χ3n) is 6.25. The number of aromatic nitrogens is 3. The summed E-state index contributed by atoms with van der Waals surface area (Å²) in [5.41, 5.74) is 5.92. The molecule has 1 amide bonds. The number of fused-ring (bicyclic) bond motifs is 1. The molecule has 158 valence electrons. The van der Waals surface area contributed by atoms with Crippen molar-refractivity contribution in [3.8, 4) is 11.1 Å². The number of para-hydroxylation sites is 1. The van der Waals surface area contributed by atoms with Gasteiger partial charge in [-0.05, 0) is 43.0 Å². The van der Waals surface area contributed by atoms with E-state index < -0.39 is 0 Å². The van der Waals surface area contributed by atoms with Crippen LogP contribution in [-0.4, -0.2) is 39.1 Å². The Balaban J connectivity index is 1.19. The van der Waals surface area contributed by atoms with Gasteiger partial charge in [0, 0.05) is 43.1 Å². The van der Waals surface area contributed by atoms with Gasteiger partial charge in [0.15, 0.2) is 0 Å². The summed E-state index contributed by atoms with van der Waals surface area (Å²) >= 11 is 1.69. The van der Waals surface area contributed by atoms with Gasteiger partial charge < -0.3 is 4.90 Å². The summed E-state index contributed by atoms with van der Waals surface area (Å²) in [6.07, 6.45) is 5.12. The molecular formula is C25H26N4OS. The Hall–Kier alpha value is -2.99. The molecule has 1 saturated heterocycles. The molecule has 3 heterocycles. The van der Waals surface area contributed by atoms with Gasteiger partial charge in [0.05, 0.1) is 21.4 Å². The topological polar surface area (TPSA) is 61.9 Å². The van der Waals surface area contributed by atoms with Crippen LogP contribution in [0.1, 0.15) is 41.4 Å². The monoisotopic (exact) mass is 430 g/mol. The van der Waals surface area contributed by atoms with Gasteiger partial charge in [-0.3, -0.25) is 9.89 Å². The second-order valence-corrected chi connectivity index (χ2v) is 9.36. The second-order valence-electron chi connectivity index (χ2n) is 8.24. The van der Waals surface area contributed by atoms with Gasteiger partial charge in [-0.2, -0.15) is 5.10 Å². The maximum Gasteiger partial charge on any atom is 0.222 e. The number of H-pyrrole nitrogens is 1. The average molecular weight is 431 g/mol. The minimum atomic E-state index is 0.237. The van der Waals surface area contributed by atoms with Crippen LogP contribution in [0, 0.1) is 6.92 Å². The minimum Gasteiger partial charge on any atom is -0.343 e. The number of hydrogen-bond acceptors (Lipinski definition) is 4. The van der Waals surface area contributed by atoms with Crippen LogP contribution in [0.4, 0.5) is 0 Å². The molecule has 4 aromatic rings. The zero-order chi connectivity index (χ0) is 21.2. The van der Waals surface area contributed by atoms with Gasteiger partial charge in [0.25, 0.3) is 0 Å². The zero-order valence-electron chi connectivity index (χ0n) is 17.7. The van der Waals surface area contributed by atoms with Crippen LogP contribution in [-0.2, 0) is 11.2 Å². The molecule has 0 radical (unpaired) electrons. The van der Waals surface area contributed by atoms with Gasteiger partial charge >= 0.3 is 0 Å². The zero-order valence-corrected chi connectivity index (χ0v) is 18.5. The van der Waals surface area contributed by atoms with E-state index >= 15 is 0 Å². The molecule has 2 aromatic heterocycles. The molecule has 0 aliphatic carbocycles. The van der Waals surface area contributed by atoms with E-state index in [1.54, 1.807) is 11.3 Å². The molecule has 5 nitrogen and oxygen atoms in total. The highest BCUT2D eigenvalue weighted by atomic mass is 32.1. The molecule has 0 bridgehead atoms. The predicted molar refractivity (Wildman–Crippen MR) is 125 cm³/mol. The van der Waals surface area contributed by atoms with Crippen molar-refractivity contribution in [1.29, 1.82) is 0 Å². The number of likely N-dealkylation sites (tertiary alicyclic amines) is 1. The normalized spacial score (nSPS) is 14.9. The highest BCUT2D eigenvalue weighted by molar-refractivity contribution is 7.18. The number of nitrogens with zero attached hydrogens (tertiary/aromatic N) is 3. The first-order chi connectivity index (χ1) is 15.2. The van der Waals surface area contributed by atoms with Gasteiger partial charge in [-0.15, -0.1) is 11.3 Å². The molecule has 0 spiro atoms. The van der Waals surface area contributed by atoms with Gasteiger partial charge in [-0.25, -0.2) is 4.98 Å². The van der Waals surface area contributed by atoms with Gasteiger partial charge in [0.2, 0.25) is 5.91 Å². The number of carbonyl (C=O) groups is 1. The number of aromatic amines is 1. The molecule has 31 heavy (non-hydrogen) atoms. The quantitative estimate of drug-likeness (QED) is 0.465. The van der Waals surface area contributed by atoms with Crippen molar-refractivity contribution in [2.24, 2.45) is 0 Å². The summed E-state index contributed by atoms with van der Waals surface area (Å²) in [6, 6.07) is 16.6. The summed E-state index contributed by atoms with van der Waals surface area (Å²) in [7, 11) is 0. The Morgan fingerprint density at radius 3 is 2.68 bits per heavy atom. The molecular weight excluding hydrogens is 404 g/mol. The SMILES string of the molecule is Cc1ccccc1-c1cn[nH]c1C1CCN(C(=O)CCc2nc3ccccc3s2)CC1. The Labute approximate surface area is 186 Å². The van der Waals surface area contributed by atoms with E-state index in [2.05, 4.69) is 52.4 Å². The number of benzene rings is 2. The highest BCUT2D eigenvalue weighted by Gasteiger charge is 2.27. The summed E-state index contributed by atoms with van der Waals surface area (Å²) < 4.78 is 1.19. The average Bonchev–Trinajstić information content (AvgIpc) is 3.45. The van der Waals surface area contributed by atoms with Crippen molar-refractivity contribution in [1.82, 2.24) is 20.1 Å². The van der Waals surface area contributed by atoms with E-state index in [-0.39, 0.29) is 5.91 Å². The van der Waals surface area contributed by atoms with Crippen LogP contribution in [0.5, 0.6) is 0 Å². The van der Waals surface area contributed by atoms with E-state index in [0.717, 1.165) is 42.9 Å². The van der Waals surface area contributed by atoms with Crippen molar-refractivity contribution < 1.29 is 4.79 Å². The molecule has 1 aliphatic rings. The van der Waals surface area contributed by atoms with Crippen molar-refractivity contribution in [2.75, 3.05) is 13.1 Å². The maximum absolute atomic E-state index is 12.8. The van der Waals surface area contributed by atoms with E-state index in [1.807, 2.05) is 29.3 Å². The van der Waals surface area contributed by atoms with E-state index in [4.69, 9.17) is 0 Å². The van der Waals surface area contributed by atoms with E-state index in [0.29, 0.717) is 12.3 Å². The summed E-state index contributed by atoms with van der Waals surface area (Å²) in [6.45, 7) is 3.74. The van der Waals surface area contributed by atoms with E-state index in [9.17, 15) is 4.79 Å². The summed E-state index contributed by atoms with van der Waals surface area (Å²) in [5, 5.41) is 8.63. The largest absolute Gasteiger partial charge is 0.343 e. The smallest absolute Gasteiger partial charge is 0.222 e. The van der Waals surface area contributed by atoms with Crippen LogP contribution in [0.2, 0.25) is 0 Å². The molecule has 0 atom stereocenters. The predicted octanol–water partition coefficient (Wildman–Crippen LogP) is 5.33. The second kappa shape index (κ2) is 8.63. The lowest BCUT2D eigenvalue weighted by Gasteiger charge is -2.32. The fraction of sp³-hybridized carbons (Fsp3) is 0.320. The highest BCUT2D eigenvalue weighted by Crippen LogP contribution is 2.35. The third kappa shape index (κ3) is 4.12. The first-order valence-electron chi connectivity index (χ1n) is 10.9. The van der Waals surface area contributed by atoms with Crippen molar-refractivity contribution in [3.05, 3.63) is 71.0 Å². The number of carbonyl (C=O) groups excluding carboxylic acids is 1. The Morgan fingerprint density at radius 2 is 1.87 bits per heavy atom. The fourth-order valence-corrected chi connectivity index (χ4v) is 5.48. The lowest BCUT2D eigenvalue weighted by atomic mass is 9.88. The van der Waals surface area contributed by atoms with Crippen LogP contribution < -0.4 is 0 Å². The number of amides is 1. The van der Waals surface area contributed by atoms with Crippen molar-refractivity contribution in [3.63, 3.8) is 0 Å². The first-order valence-corrected chi connectivity index (χ1v) is 11.7. The van der Waals surface area contributed by atoms with Crippen LogP contribution >= 0.6 is 11.3 Å². The molecule has 0 unspecified atom stereocenters. The number of rotatable bonds is 5. The summed E-state index contributed by atoms with van der Waals surface area (Å²) in [4.78, 5) is 19.5. The van der Waals surface area contributed by atoms with Gasteiger partial charge in [-0.1, -0.05) is 36.4 Å². The molecule has 2 aromatic carbocycles. The molecule has 1 N–H and O–H groups in total. The third-order valence-corrected chi connectivity index (χ3v) is 7.35. The number of hydrogen-bond donors (Lipinski definition) is 1. The lowest BCUT2D eigenvalue weighted by Crippen LogP contribution is -2.38. The van der Waals surface area contributed by atoms with Crippen molar-refractivity contribution >= 4 is 27.5 Å². The molecule has 0 saturated carbocycles. The first kappa shape index (κ1) is 19.9. The minimum absolute atomic E-state index is 0.237.